The summed E-state index contributed by atoms with van der Waals surface area (Å²) in [5.41, 5.74) is 3.58. The van der Waals surface area contributed by atoms with Crippen molar-refractivity contribution in [3.05, 3.63) is 24.3 Å². The largest absolute Gasteiger partial charge is 0.376 e. The fraction of sp³-hybridized carbons (Fsp3) is 0.636. The highest BCUT2D eigenvalue weighted by Gasteiger charge is 2.22. The van der Waals surface area contributed by atoms with Crippen molar-refractivity contribution in [1.82, 2.24) is 15.4 Å². The molecule has 0 aliphatic rings. The highest BCUT2D eigenvalue weighted by atomic mass is 16.5. The molecule has 0 saturated carbocycles. The van der Waals surface area contributed by atoms with Crippen LogP contribution in [0.5, 0.6) is 0 Å². The Bertz CT molecular complexity index is 275. The Hall–Kier alpha value is -1.04. The maximum atomic E-state index is 5.68. The molecule has 3 N–H and O–H groups in total. The first-order chi connectivity index (χ1) is 7.83. The summed E-state index contributed by atoms with van der Waals surface area (Å²) < 4.78 is 5.68. The molecule has 0 bridgehead atoms. The fourth-order valence-electron chi connectivity index (χ4n) is 1.70. The number of nitrogens with zero attached hydrogens (tertiary/aromatic N) is 2. The van der Waals surface area contributed by atoms with E-state index >= 15 is 0 Å². The van der Waals surface area contributed by atoms with E-state index in [-0.39, 0.29) is 12.1 Å². The van der Waals surface area contributed by atoms with Crippen LogP contribution in [0.25, 0.3) is 0 Å². The lowest BCUT2D eigenvalue weighted by Gasteiger charge is -2.25. The normalized spacial score (nSPS) is 14.7. The zero-order valence-corrected chi connectivity index (χ0v) is 9.89. The molecular weight excluding hydrogens is 204 g/mol. The molecular formula is C11H20N4O. The van der Waals surface area contributed by atoms with Crippen LogP contribution in [0.2, 0.25) is 0 Å². The molecule has 0 aliphatic carbocycles. The molecule has 0 radical (unpaired) electrons. The van der Waals surface area contributed by atoms with Crippen molar-refractivity contribution in [3.8, 4) is 0 Å². The first-order valence-electron chi connectivity index (χ1n) is 5.67. The predicted molar refractivity (Wildman–Crippen MR) is 62.4 cm³/mol. The van der Waals surface area contributed by atoms with Gasteiger partial charge in [-0.2, -0.15) is 0 Å². The van der Waals surface area contributed by atoms with Crippen molar-refractivity contribution in [2.75, 3.05) is 6.61 Å². The molecule has 1 aromatic heterocycles. The van der Waals surface area contributed by atoms with Gasteiger partial charge in [0, 0.05) is 19.0 Å². The summed E-state index contributed by atoms with van der Waals surface area (Å²) in [7, 11) is 0. The van der Waals surface area contributed by atoms with E-state index in [9.17, 15) is 0 Å². The van der Waals surface area contributed by atoms with E-state index in [2.05, 4.69) is 22.3 Å². The Balaban J connectivity index is 2.77. The lowest BCUT2D eigenvalue weighted by molar-refractivity contribution is 0.0264. The van der Waals surface area contributed by atoms with Crippen molar-refractivity contribution in [2.45, 2.75) is 38.8 Å². The third-order valence-electron chi connectivity index (χ3n) is 2.41. The molecule has 90 valence electrons. The van der Waals surface area contributed by atoms with Gasteiger partial charge in [0.1, 0.15) is 0 Å². The average Bonchev–Trinajstić information content (AvgIpc) is 2.32. The molecule has 1 heterocycles. The molecule has 16 heavy (non-hydrogen) atoms. The quantitative estimate of drug-likeness (QED) is 0.537. The molecule has 1 rings (SSSR count). The Morgan fingerprint density at radius 3 is 2.75 bits per heavy atom. The van der Waals surface area contributed by atoms with Gasteiger partial charge >= 0.3 is 0 Å². The molecule has 2 unspecified atom stereocenters. The van der Waals surface area contributed by atoms with E-state index in [1.807, 2.05) is 6.92 Å². The van der Waals surface area contributed by atoms with Gasteiger partial charge in [-0.05, 0) is 13.3 Å². The number of nitrogens with one attached hydrogen (secondary N) is 1. The first-order valence-corrected chi connectivity index (χ1v) is 5.67. The van der Waals surface area contributed by atoms with E-state index in [4.69, 9.17) is 10.6 Å². The first kappa shape index (κ1) is 13.0. The van der Waals surface area contributed by atoms with Crippen LogP contribution >= 0.6 is 0 Å². The van der Waals surface area contributed by atoms with Gasteiger partial charge in [-0.15, -0.1) is 0 Å². The van der Waals surface area contributed by atoms with Crippen LogP contribution in [-0.2, 0) is 4.74 Å². The Morgan fingerprint density at radius 1 is 1.44 bits per heavy atom. The number of nitrogens with two attached hydrogens (primary N) is 1. The minimum absolute atomic E-state index is 0.0386. The van der Waals surface area contributed by atoms with Crippen molar-refractivity contribution in [1.29, 1.82) is 0 Å². The number of ether oxygens (including phenoxy) is 1. The highest BCUT2D eigenvalue weighted by Crippen LogP contribution is 2.19. The molecule has 5 heteroatoms. The van der Waals surface area contributed by atoms with Crippen LogP contribution in [0.3, 0.4) is 0 Å². The molecule has 0 aliphatic heterocycles. The van der Waals surface area contributed by atoms with Gasteiger partial charge in [-0.1, -0.05) is 13.3 Å². The minimum atomic E-state index is -0.103. The van der Waals surface area contributed by atoms with Crippen LogP contribution in [-0.4, -0.2) is 22.7 Å². The lowest BCUT2D eigenvalue weighted by atomic mass is 10.0. The van der Waals surface area contributed by atoms with Crippen molar-refractivity contribution in [2.24, 2.45) is 5.84 Å². The highest BCUT2D eigenvalue weighted by molar-refractivity contribution is 5.04. The molecule has 0 fully saturated rings. The lowest BCUT2D eigenvalue weighted by Crippen LogP contribution is -2.38. The topological polar surface area (TPSA) is 73.1 Å². The Labute approximate surface area is 96.4 Å². The van der Waals surface area contributed by atoms with Gasteiger partial charge in [0.2, 0.25) is 0 Å². The van der Waals surface area contributed by atoms with E-state index in [0.29, 0.717) is 6.61 Å². The van der Waals surface area contributed by atoms with Crippen molar-refractivity contribution < 1.29 is 4.74 Å². The molecule has 0 aromatic carbocycles. The number of hydrogen-bond acceptors (Lipinski definition) is 5. The molecule has 1 aromatic rings. The number of aromatic nitrogens is 2. The summed E-state index contributed by atoms with van der Waals surface area (Å²) in [4.78, 5) is 8.29. The minimum Gasteiger partial charge on any atom is -0.376 e. The van der Waals surface area contributed by atoms with E-state index in [0.717, 1.165) is 18.5 Å². The van der Waals surface area contributed by atoms with Gasteiger partial charge in [-0.3, -0.25) is 15.8 Å². The maximum Gasteiger partial charge on any atom is 0.0909 e. The number of hydrazine groups is 1. The third kappa shape index (κ3) is 3.52. The summed E-state index contributed by atoms with van der Waals surface area (Å²) in [6.45, 7) is 4.77. The maximum absolute atomic E-state index is 5.68. The van der Waals surface area contributed by atoms with Crippen LogP contribution < -0.4 is 11.3 Å². The van der Waals surface area contributed by atoms with Gasteiger partial charge < -0.3 is 4.74 Å². The Kier molecular flexibility index (Phi) is 5.92. The van der Waals surface area contributed by atoms with Crippen molar-refractivity contribution in [3.63, 3.8) is 0 Å². The SMILES string of the molecule is CCCC(OCC)C(NN)c1cnccn1. The molecule has 0 saturated heterocycles. The molecule has 0 spiro atoms. The van der Waals surface area contributed by atoms with Crippen LogP contribution in [0, 0.1) is 0 Å². The second kappa shape index (κ2) is 7.27. The zero-order chi connectivity index (χ0) is 11.8. The zero-order valence-electron chi connectivity index (χ0n) is 9.89. The smallest absolute Gasteiger partial charge is 0.0909 e. The molecule has 5 nitrogen and oxygen atoms in total. The van der Waals surface area contributed by atoms with Crippen LogP contribution in [0.15, 0.2) is 18.6 Å². The van der Waals surface area contributed by atoms with Crippen molar-refractivity contribution >= 4 is 0 Å². The Morgan fingerprint density at radius 2 is 2.25 bits per heavy atom. The standard InChI is InChI=1S/C11H20N4O/c1-3-5-10(16-4-2)11(15-12)9-8-13-6-7-14-9/h6-8,10-11,15H,3-5,12H2,1-2H3. The average molecular weight is 224 g/mol. The van der Waals surface area contributed by atoms with Crippen LogP contribution in [0.4, 0.5) is 0 Å². The monoisotopic (exact) mass is 224 g/mol. The predicted octanol–water partition coefficient (Wildman–Crippen LogP) is 1.19. The summed E-state index contributed by atoms with van der Waals surface area (Å²) in [6, 6.07) is -0.103. The number of rotatable bonds is 7. The van der Waals surface area contributed by atoms with Crippen LogP contribution in [0.1, 0.15) is 38.4 Å². The van der Waals surface area contributed by atoms with E-state index < -0.39 is 0 Å². The fourth-order valence-corrected chi connectivity index (χ4v) is 1.70. The summed E-state index contributed by atoms with van der Waals surface area (Å²) >= 11 is 0. The summed E-state index contributed by atoms with van der Waals surface area (Å²) in [5, 5.41) is 0. The third-order valence-corrected chi connectivity index (χ3v) is 2.41. The summed E-state index contributed by atoms with van der Waals surface area (Å²) in [6.07, 6.45) is 7.05. The van der Waals surface area contributed by atoms with Gasteiger partial charge in [0.05, 0.1) is 24.0 Å². The summed E-state index contributed by atoms with van der Waals surface area (Å²) in [5.74, 6) is 5.57. The number of hydrogen-bond donors (Lipinski definition) is 2. The van der Waals surface area contributed by atoms with E-state index in [1.165, 1.54) is 0 Å². The van der Waals surface area contributed by atoms with Gasteiger partial charge in [0.15, 0.2) is 0 Å². The molecule has 2 atom stereocenters. The van der Waals surface area contributed by atoms with Gasteiger partial charge in [-0.25, -0.2) is 5.43 Å². The van der Waals surface area contributed by atoms with E-state index in [1.54, 1.807) is 18.6 Å². The second-order valence-corrected chi connectivity index (χ2v) is 3.56. The van der Waals surface area contributed by atoms with Gasteiger partial charge in [0.25, 0.3) is 0 Å². The molecule has 0 amide bonds. The second-order valence-electron chi connectivity index (χ2n) is 3.56.